The van der Waals surface area contributed by atoms with Gasteiger partial charge in [0.2, 0.25) is 0 Å². The van der Waals surface area contributed by atoms with Gasteiger partial charge in [0.25, 0.3) is 0 Å². The van der Waals surface area contributed by atoms with E-state index in [0.29, 0.717) is 19.7 Å². The molecular weight excluding hydrogens is 240 g/mol. The minimum Gasteiger partial charge on any atom is -0.465 e. The lowest BCUT2D eigenvalue weighted by molar-refractivity contribution is -0.145. The maximum Gasteiger partial charge on any atom is 0.320 e. The Hall–Kier alpha value is -1.42. The second-order valence-corrected chi connectivity index (χ2v) is 4.65. The fraction of sp³-hybridized carbons (Fsp3) is 0.600. The van der Waals surface area contributed by atoms with Crippen LogP contribution in [-0.4, -0.2) is 35.5 Å². The van der Waals surface area contributed by atoms with Gasteiger partial charge in [-0.25, -0.2) is 0 Å². The fourth-order valence-corrected chi connectivity index (χ4v) is 1.75. The van der Waals surface area contributed by atoms with Crippen molar-refractivity contribution in [2.75, 3.05) is 19.7 Å². The molecule has 0 atom stereocenters. The van der Waals surface area contributed by atoms with Gasteiger partial charge in [0, 0.05) is 12.2 Å². The molecule has 0 fully saturated rings. The second kappa shape index (κ2) is 8.64. The van der Waals surface area contributed by atoms with Crippen molar-refractivity contribution in [3.8, 4) is 0 Å². The molecule has 0 radical (unpaired) electrons. The van der Waals surface area contributed by atoms with Crippen LogP contribution in [0.4, 0.5) is 0 Å². The zero-order valence-corrected chi connectivity index (χ0v) is 12.2. The highest BCUT2D eigenvalue weighted by Gasteiger charge is 2.11. The van der Waals surface area contributed by atoms with Crippen LogP contribution >= 0.6 is 0 Å². The number of carbonyl (C=O) groups excluding carboxylic acids is 1. The van der Waals surface area contributed by atoms with E-state index in [0.717, 1.165) is 30.8 Å². The number of carbonyl (C=O) groups is 1. The molecule has 4 heteroatoms. The number of pyridine rings is 1. The molecule has 0 spiro atoms. The lowest BCUT2D eigenvalue weighted by Crippen LogP contribution is -2.31. The Labute approximate surface area is 115 Å². The van der Waals surface area contributed by atoms with E-state index in [1.54, 1.807) is 0 Å². The van der Waals surface area contributed by atoms with Crippen LogP contribution in [0.15, 0.2) is 18.2 Å². The summed E-state index contributed by atoms with van der Waals surface area (Å²) in [7, 11) is 0. The summed E-state index contributed by atoms with van der Waals surface area (Å²) in [6.45, 7) is 8.43. The zero-order valence-electron chi connectivity index (χ0n) is 12.2. The topological polar surface area (TPSA) is 42.4 Å². The summed E-state index contributed by atoms with van der Waals surface area (Å²) in [6.07, 6.45) is 1.97. The monoisotopic (exact) mass is 264 g/mol. The summed E-state index contributed by atoms with van der Waals surface area (Å²) in [5, 5.41) is 0. The number of ether oxygens (including phenoxy) is 1. The van der Waals surface area contributed by atoms with Gasteiger partial charge in [0.05, 0.1) is 18.8 Å². The van der Waals surface area contributed by atoms with Crippen molar-refractivity contribution in [2.45, 2.75) is 40.2 Å². The first-order valence-corrected chi connectivity index (χ1v) is 6.96. The van der Waals surface area contributed by atoms with Crippen LogP contribution in [0.3, 0.4) is 0 Å². The normalized spacial score (nSPS) is 10.7. The molecular formula is C15H24N2O2. The predicted molar refractivity (Wildman–Crippen MR) is 75.8 cm³/mol. The molecule has 1 rings (SSSR count). The van der Waals surface area contributed by atoms with Gasteiger partial charge in [0.15, 0.2) is 0 Å². The predicted octanol–water partition coefficient (Wildman–Crippen LogP) is 2.56. The molecule has 0 N–H and O–H groups in total. The third-order valence-corrected chi connectivity index (χ3v) is 2.89. The third-order valence-electron chi connectivity index (χ3n) is 2.89. The van der Waals surface area contributed by atoms with E-state index in [-0.39, 0.29) is 5.97 Å². The summed E-state index contributed by atoms with van der Waals surface area (Å²) in [4.78, 5) is 18.1. The van der Waals surface area contributed by atoms with E-state index >= 15 is 0 Å². The van der Waals surface area contributed by atoms with Gasteiger partial charge in [0.1, 0.15) is 0 Å². The summed E-state index contributed by atoms with van der Waals surface area (Å²) < 4.78 is 5.18. The summed E-state index contributed by atoms with van der Waals surface area (Å²) >= 11 is 0. The van der Waals surface area contributed by atoms with Gasteiger partial charge in [-0.1, -0.05) is 26.3 Å². The van der Waals surface area contributed by atoms with E-state index in [1.807, 2.05) is 36.9 Å². The van der Waals surface area contributed by atoms with Gasteiger partial charge < -0.3 is 4.74 Å². The van der Waals surface area contributed by atoms with Gasteiger partial charge in [-0.15, -0.1) is 0 Å². The van der Waals surface area contributed by atoms with Crippen LogP contribution in [0.5, 0.6) is 0 Å². The molecule has 0 aromatic carbocycles. The van der Waals surface area contributed by atoms with Crippen LogP contribution in [0.2, 0.25) is 0 Å². The second-order valence-electron chi connectivity index (χ2n) is 4.65. The summed E-state index contributed by atoms with van der Waals surface area (Å²) in [5.41, 5.74) is 1.99. The number of hydrogen-bond donors (Lipinski definition) is 0. The molecule has 19 heavy (non-hydrogen) atoms. The standard InChI is InChI=1S/C15H24N2O2/c1-4-6-10-19-15(18)12-17(5-2)11-14-9-7-8-13(3)16-14/h7-9H,4-6,10-12H2,1-3H3. The maximum atomic E-state index is 11.7. The van der Waals surface area contributed by atoms with E-state index in [9.17, 15) is 4.79 Å². The maximum absolute atomic E-state index is 11.7. The highest BCUT2D eigenvalue weighted by molar-refractivity contribution is 5.71. The van der Waals surface area contributed by atoms with Crippen molar-refractivity contribution < 1.29 is 9.53 Å². The zero-order chi connectivity index (χ0) is 14.1. The van der Waals surface area contributed by atoms with Crippen LogP contribution in [-0.2, 0) is 16.1 Å². The van der Waals surface area contributed by atoms with Crippen LogP contribution in [0.1, 0.15) is 38.1 Å². The van der Waals surface area contributed by atoms with Crippen molar-refractivity contribution >= 4 is 5.97 Å². The van der Waals surface area contributed by atoms with Gasteiger partial charge in [-0.2, -0.15) is 0 Å². The molecule has 4 nitrogen and oxygen atoms in total. The number of hydrogen-bond acceptors (Lipinski definition) is 4. The van der Waals surface area contributed by atoms with Crippen molar-refractivity contribution in [1.82, 2.24) is 9.88 Å². The Morgan fingerprint density at radius 1 is 1.37 bits per heavy atom. The van der Waals surface area contributed by atoms with Gasteiger partial charge in [-0.05, 0) is 32.0 Å². The minimum absolute atomic E-state index is 0.150. The van der Waals surface area contributed by atoms with Crippen molar-refractivity contribution in [3.63, 3.8) is 0 Å². The van der Waals surface area contributed by atoms with Crippen LogP contribution < -0.4 is 0 Å². The largest absolute Gasteiger partial charge is 0.465 e. The molecule has 0 saturated heterocycles. The van der Waals surface area contributed by atoms with E-state index in [4.69, 9.17) is 4.74 Å². The number of esters is 1. The molecule has 0 unspecified atom stereocenters. The van der Waals surface area contributed by atoms with Gasteiger partial charge in [-0.3, -0.25) is 14.7 Å². The van der Waals surface area contributed by atoms with E-state index in [2.05, 4.69) is 11.9 Å². The summed E-state index contributed by atoms with van der Waals surface area (Å²) in [5.74, 6) is -0.150. The van der Waals surface area contributed by atoms with Crippen LogP contribution in [0.25, 0.3) is 0 Å². The quantitative estimate of drug-likeness (QED) is 0.534. The average Bonchev–Trinajstić information content (AvgIpc) is 2.38. The molecule has 106 valence electrons. The highest BCUT2D eigenvalue weighted by atomic mass is 16.5. The number of nitrogens with zero attached hydrogens (tertiary/aromatic N) is 2. The average molecular weight is 264 g/mol. The SMILES string of the molecule is CCCCOC(=O)CN(CC)Cc1cccc(C)n1. The molecule has 0 amide bonds. The minimum atomic E-state index is -0.150. The number of likely N-dealkylation sites (N-methyl/N-ethyl adjacent to an activating group) is 1. The van der Waals surface area contributed by atoms with Crippen molar-refractivity contribution in [2.24, 2.45) is 0 Å². The first kappa shape index (κ1) is 15.6. The lowest BCUT2D eigenvalue weighted by Gasteiger charge is -2.19. The number of rotatable bonds is 8. The Kier molecular flexibility index (Phi) is 7.11. The fourth-order valence-electron chi connectivity index (χ4n) is 1.75. The molecule has 0 aliphatic carbocycles. The smallest absolute Gasteiger partial charge is 0.320 e. The lowest BCUT2D eigenvalue weighted by atomic mass is 10.3. The third kappa shape index (κ3) is 6.34. The number of unbranched alkanes of at least 4 members (excludes halogenated alkanes) is 1. The highest BCUT2D eigenvalue weighted by Crippen LogP contribution is 2.03. The number of aryl methyl sites for hydroxylation is 1. The molecule has 1 aromatic heterocycles. The molecule has 1 heterocycles. The van der Waals surface area contributed by atoms with Crippen LogP contribution in [0, 0.1) is 6.92 Å². The molecule has 0 aliphatic heterocycles. The molecule has 0 aliphatic rings. The first-order valence-electron chi connectivity index (χ1n) is 6.96. The first-order chi connectivity index (χ1) is 9.15. The van der Waals surface area contributed by atoms with Crippen molar-refractivity contribution in [3.05, 3.63) is 29.6 Å². The van der Waals surface area contributed by atoms with E-state index < -0.39 is 0 Å². The Balaban J connectivity index is 2.43. The Morgan fingerprint density at radius 2 is 2.16 bits per heavy atom. The molecule has 0 bridgehead atoms. The number of aromatic nitrogens is 1. The van der Waals surface area contributed by atoms with E-state index in [1.165, 1.54) is 0 Å². The molecule has 0 saturated carbocycles. The van der Waals surface area contributed by atoms with Gasteiger partial charge >= 0.3 is 5.97 Å². The van der Waals surface area contributed by atoms with Crippen molar-refractivity contribution in [1.29, 1.82) is 0 Å². The summed E-state index contributed by atoms with van der Waals surface area (Å²) in [6, 6.07) is 5.95. The Bertz CT molecular complexity index is 393. The molecule has 1 aromatic rings. The Morgan fingerprint density at radius 3 is 2.79 bits per heavy atom.